The molecule has 0 spiro atoms. The molecule has 4 heteroatoms. The van der Waals surface area contributed by atoms with Crippen LogP contribution in [0.1, 0.15) is 11.1 Å². The van der Waals surface area contributed by atoms with Gasteiger partial charge in [0.25, 0.3) is 0 Å². The van der Waals surface area contributed by atoms with Gasteiger partial charge in [-0.1, -0.05) is 0 Å². The standard InChI is InChI=1S/C12H16ClNO2/c1-9-5-11-12(16-8-15-11)6-10(9)3-4-14(2)7-13/h5-6H,3-4,7-8H2,1-2H3. The second-order valence-electron chi connectivity index (χ2n) is 4.08. The Morgan fingerprint density at radius 2 is 2.00 bits per heavy atom. The van der Waals surface area contributed by atoms with Crippen LogP contribution in [0, 0.1) is 6.92 Å². The van der Waals surface area contributed by atoms with E-state index in [-0.39, 0.29) is 0 Å². The molecular weight excluding hydrogens is 226 g/mol. The van der Waals surface area contributed by atoms with Gasteiger partial charge < -0.3 is 9.47 Å². The van der Waals surface area contributed by atoms with Crippen molar-refractivity contribution in [3.05, 3.63) is 23.3 Å². The molecule has 3 nitrogen and oxygen atoms in total. The first-order valence-corrected chi connectivity index (χ1v) is 5.88. The predicted octanol–water partition coefficient (Wildman–Crippen LogP) is 2.39. The van der Waals surface area contributed by atoms with E-state index < -0.39 is 0 Å². The van der Waals surface area contributed by atoms with Crippen molar-refractivity contribution in [2.24, 2.45) is 0 Å². The van der Waals surface area contributed by atoms with Crippen LogP contribution in [-0.4, -0.2) is 31.3 Å². The Morgan fingerprint density at radius 3 is 2.69 bits per heavy atom. The molecule has 1 aliphatic heterocycles. The normalized spacial score (nSPS) is 13.5. The second kappa shape index (κ2) is 4.93. The number of nitrogens with zero attached hydrogens (tertiary/aromatic N) is 1. The lowest BCUT2D eigenvalue weighted by Crippen LogP contribution is -2.19. The Bertz CT molecular complexity index is 382. The lowest BCUT2D eigenvalue weighted by atomic mass is 10.0. The van der Waals surface area contributed by atoms with Crippen molar-refractivity contribution in [1.82, 2.24) is 4.90 Å². The summed E-state index contributed by atoms with van der Waals surface area (Å²) in [4.78, 5) is 2.07. The minimum absolute atomic E-state index is 0.333. The zero-order valence-electron chi connectivity index (χ0n) is 9.62. The molecule has 1 aromatic rings. The van der Waals surface area contributed by atoms with Crippen LogP contribution in [0.5, 0.6) is 11.5 Å². The molecule has 0 fully saturated rings. The minimum Gasteiger partial charge on any atom is -0.454 e. The number of rotatable bonds is 4. The summed E-state index contributed by atoms with van der Waals surface area (Å²) in [6.45, 7) is 3.38. The highest BCUT2D eigenvalue weighted by Crippen LogP contribution is 2.34. The Labute approximate surface area is 101 Å². The van der Waals surface area contributed by atoms with Gasteiger partial charge in [-0.2, -0.15) is 0 Å². The van der Waals surface area contributed by atoms with Gasteiger partial charge in [-0.3, -0.25) is 4.90 Å². The van der Waals surface area contributed by atoms with Gasteiger partial charge >= 0.3 is 0 Å². The quantitative estimate of drug-likeness (QED) is 0.597. The van der Waals surface area contributed by atoms with Gasteiger partial charge in [-0.25, -0.2) is 0 Å². The van der Waals surface area contributed by atoms with Crippen molar-refractivity contribution in [3.63, 3.8) is 0 Å². The summed E-state index contributed by atoms with van der Waals surface area (Å²) in [5.41, 5.74) is 2.54. The maximum Gasteiger partial charge on any atom is 0.231 e. The number of likely N-dealkylation sites (N-methyl/N-ethyl adjacent to an activating group) is 1. The largest absolute Gasteiger partial charge is 0.454 e. The molecular formula is C12H16ClNO2. The third kappa shape index (κ3) is 2.42. The predicted molar refractivity (Wildman–Crippen MR) is 64.4 cm³/mol. The summed E-state index contributed by atoms with van der Waals surface area (Å²) in [5.74, 6) is 1.71. The average Bonchev–Trinajstić information content (AvgIpc) is 2.72. The van der Waals surface area contributed by atoms with E-state index in [1.54, 1.807) is 0 Å². The van der Waals surface area contributed by atoms with Crippen molar-refractivity contribution in [2.45, 2.75) is 13.3 Å². The molecule has 1 aliphatic rings. The van der Waals surface area contributed by atoms with Crippen LogP contribution in [0.3, 0.4) is 0 Å². The molecule has 0 aromatic heterocycles. The van der Waals surface area contributed by atoms with E-state index in [9.17, 15) is 0 Å². The molecule has 1 heterocycles. The van der Waals surface area contributed by atoms with E-state index in [0.29, 0.717) is 12.8 Å². The Balaban J connectivity index is 2.09. The van der Waals surface area contributed by atoms with Crippen LogP contribution in [0.15, 0.2) is 12.1 Å². The van der Waals surface area contributed by atoms with Crippen molar-refractivity contribution in [3.8, 4) is 11.5 Å². The Morgan fingerprint density at radius 1 is 1.31 bits per heavy atom. The molecule has 0 bridgehead atoms. The molecule has 0 atom stereocenters. The van der Waals surface area contributed by atoms with Crippen molar-refractivity contribution in [1.29, 1.82) is 0 Å². The van der Waals surface area contributed by atoms with E-state index in [2.05, 4.69) is 17.9 Å². The van der Waals surface area contributed by atoms with E-state index in [1.807, 2.05) is 13.1 Å². The molecule has 88 valence electrons. The SMILES string of the molecule is Cc1cc2c(cc1CCN(C)CCl)OCO2. The maximum atomic E-state index is 5.73. The smallest absolute Gasteiger partial charge is 0.231 e. The van der Waals surface area contributed by atoms with Gasteiger partial charge in [-0.05, 0) is 43.7 Å². The van der Waals surface area contributed by atoms with E-state index in [4.69, 9.17) is 21.1 Å². The van der Waals surface area contributed by atoms with Gasteiger partial charge in [-0.15, -0.1) is 11.6 Å². The van der Waals surface area contributed by atoms with Gasteiger partial charge in [0.2, 0.25) is 6.79 Å². The van der Waals surface area contributed by atoms with E-state index in [1.165, 1.54) is 11.1 Å². The number of alkyl halides is 1. The fraction of sp³-hybridized carbons (Fsp3) is 0.500. The molecule has 16 heavy (non-hydrogen) atoms. The highest BCUT2D eigenvalue weighted by atomic mass is 35.5. The number of fused-ring (bicyclic) bond motifs is 1. The third-order valence-electron chi connectivity index (χ3n) is 2.80. The first kappa shape index (κ1) is 11.6. The first-order chi connectivity index (χ1) is 7.70. The summed E-state index contributed by atoms with van der Waals surface area (Å²) >= 11 is 5.73. The van der Waals surface area contributed by atoms with Gasteiger partial charge in [0.1, 0.15) is 0 Å². The second-order valence-corrected chi connectivity index (χ2v) is 4.32. The summed E-state index contributed by atoms with van der Waals surface area (Å²) in [7, 11) is 2.01. The lowest BCUT2D eigenvalue weighted by Gasteiger charge is -2.13. The van der Waals surface area contributed by atoms with Gasteiger partial charge in [0.05, 0.1) is 6.00 Å². The lowest BCUT2D eigenvalue weighted by molar-refractivity contribution is 0.174. The fourth-order valence-electron chi connectivity index (χ4n) is 1.73. The van der Waals surface area contributed by atoms with E-state index >= 15 is 0 Å². The Hall–Kier alpha value is -0.930. The first-order valence-electron chi connectivity index (χ1n) is 5.34. The Kier molecular flexibility index (Phi) is 3.56. The highest BCUT2D eigenvalue weighted by Gasteiger charge is 2.15. The zero-order valence-corrected chi connectivity index (χ0v) is 10.4. The van der Waals surface area contributed by atoms with Crippen LogP contribution in [0.4, 0.5) is 0 Å². The highest BCUT2D eigenvalue weighted by molar-refractivity contribution is 6.17. The molecule has 0 saturated heterocycles. The minimum atomic E-state index is 0.333. The summed E-state index contributed by atoms with van der Waals surface area (Å²) in [6.07, 6.45) is 0.978. The van der Waals surface area contributed by atoms with Gasteiger partial charge in [0, 0.05) is 6.54 Å². The molecule has 0 unspecified atom stereocenters. The van der Waals surface area contributed by atoms with Crippen molar-refractivity contribution >= 4 is 11.6 Å². The number of benzene rings is 1. The summed E-state index contributed by atoms with van der Waals surface area (Å²) in [6, 6.07) is 4.67. The molecule has 0 N–H and O–H groups in total. The van der Waals surface area contributed by atoms with Crippen LogP contribution in [-0.2, 0) is 6.42 Å². The molecule has 0 aliphatic carbocycles. The zero-order chi connectivity index (χ0) is 11.5. The van der Waals surface area contributed by atoms with Crippen molar-refractivity contribution in [2.75, 3.05) is 26.4 Å². The number of ether oxygens (including phenoxy) is 2. The molecule has 0 amide bonds. The molecule has 0 saturated carbocycles. The van der Waals surface area contributed by atoms with E-state index in [0.717, 1.165) is 24.5 Å². The van der Waals surface area contributed by atoms with Crippen LogP contribution in [0.2, 0.25) is 0 Å². The van der Waals surface area contributed by atoms with Crippen LogP contribution >= 0.6 is 11.6 Å². The third-order valence-corrected chi connectivity index (χ3v) is 3.21. The number of aryl methyl sites for hydroxylation is 1. The molecule has 0 radical (unpaired) electrons. The van der Waals surface area contributed by atoms with Gasteiger partial charge in [0.15, 0.2) is 11.5 Å². The number of hydrogen-bond acceptors (Lipinski definition) is 3. The molecule has 2 rings (SSSR count). The fourth-order valence-corrected chi connectivity index (χ4v) is 1.85. The monoisotopic (exact) mass is 241 g/mol. The average molecular weight is 242 g/mol. The molecule has 1 aromatic carbocycles. The number of halogens is 1. The summed E-state index contributed by atoms with van der Waals surface area (Å²) in [5, 5.41) is 0. The summed E-state index contributed by atoms with van der Waals surface area (Å²) < 4.78 is 10.7. The number of hydrogen-bond donors (Lipinski definition) is 0. The van der Waals surface area contributed by atoms with Crippen LogP contribution < -0.4 is 9.47 Å². The topological polar surface area (TPSA) is 21.7 Å². The van der Waals surface area contributed by atoms with Crippen LogP contribution in [0.25, 0.3) is 0 Å². The van der Waals surface area contributed by atoms with Crippen molar-refractivity contribution < 1.29 is 9.47 Å². The maximum absolute atomic E-state index is 5.73.